The molecule has 196 valence electrons. The molecule has 8 nitrogen and oxygen atoms in total. The third-order valence-corrected chi connectivity index (χ3v) is 8.83. The van der Waals surface area contributed by atoms with Gasteiger partial charge in [0.15, 0.2) is 0 Å². The second kappa shape index (κ2) is 12.3. The number of nitrogens with one attached hydrogen (secondary N) is 1. The number of hydrogen-bond donors (Lipinski definition) is 1. The highest BCUT2D eigenvalue weighted by atomic mass is 35.5. The molecule has 1 N–H and O–H groups in total. The Morgan fingerprint density at radius 1 is 1.03 bits per heavy atom. The van der Waals surface area contributed by atoms with E-state index in [-0.39, 0.29) is 18.5 Å². The summed E-state index contributed by atoms with van der Waals surface area (Å²) in [5, 5.41) is 3.73. The molecule has 0 bridgehead atoms. The van der Waals surface area contributed by atoms with Gasteiger partial charge in [-0.2, -0.15) is 12.7 Å². The van der Waals surface area contributed by atoms with E-state index >= 15 is 0 Å². The first-order valence-corrected chi connectivity index (χ1v) is 13.9. The molecule has 1 aliphatic rings. The topological polar surface area (TPSA) is 90.0 Å². The number of rotatable bonds is 10. The minimum absolute atomic E-state index is 0.0552. The van der Waals surface area contributed by atoms with Gasteiger partial charge in [0.1, 0.15) is 12.6 Å². The van der Waals surface area contributed by atoms with E-state index in [4.69, 9.17) is 23.2 Å². The van der Waals surface area contributed by atoms with Crippen LogP contribution in [0.3, 0.4) is 0 Å². The zero-order valence-electron chi connectivity index (χ0n) is 20.7. The van der Waals surface area contributed by atoms with E-state index in [0.717, 1.165) is 34.3 Å². The molecule has 0 saturated heterocycles. The van der Waals surface area contributed by atoms with E-state index in [2.05, 4.69) is 5.32 Å². The Hall–Kier alpha value is -2.33. The average Bonchev–Trinajstić information content (AvgIpc) is 3.36. The van der Waals surface area contributed by atoms with Gasteiger partial charge in [-0.15, -0.1) is 0 Å². The van der Waals surface area contributed by atoms with Gasteiger partial charge in [-0.25, -0.2) is 4.31 Å². The predicted molar refractivity (Wildman–Crippen MR) is 143 cm³/mol. The summed E-state index contributed by atoms with van der Waals surface area (Å²) in [6.45, 7) is 1.22. The number of benzene rings is 2. The van der Waals surface area contributed by atoms with Gasteiger partial charge in [-0.3, -0.25) is 9.59 Å². The lowest BCUT2D eigenvalue weighted by atomic mass is 10.1. The van der Waals surface area contributed by atoms with Crippen molar-refractivity contribution < 1.29 is 18.0 Å². The van der Waals surface area contributed by atoms with E-state index in [9.17, 15) is 18.0 Å². The average molecular weight is 556 g/mol. The molecule has 1 fully saturated rings. The molecule has 36 heavy (non-hydrogen) atoms. The first-order chi connectivity index (χ1) is 17.0. The van der Waals surface area contributed by atoms with Gasteiger partial charge in [0.25, 0.3) is 0 Å². The number of carbonyl (C=O) groups excluding carboxylic acids is 2. The summed E-state index contributed by atoms with van der Waals surface area (Å²) in [7, 11) is -1.18. The van der Waals surface area contributed by atoms with Crippen molar-refractivity contribution in [2.24, 2.45) is 0 Å². The smallest absolute Gasteiger partial charge is 0.304 e. The molecule has 3 rings (SSSR count). The Kier molecular flexibility index (Phi) is 9.63. The standard InChI is InChI=1S/C25H32Cl2N4O4S/c1-18(25(33)28-20-9-7-8-10-20)30(16-19-13-14-22(26)23(27)15-19)24(32)17-31(36(34,35)29(2)3)21-11-5-4-6-12-21/h4-6,11-15,18,20H,7-10,16-17H2,1-3H3,(H,28,33)/t18-/m1/s1. The molecule has 0 aliphatic heterocycles. The van der Waals surface area contributed by atoms with Crippen molar-refractivity contribution >= 4 is 50.9 Å². The number of hydrogen-bond acceptors (Lipinski definition) is 4. The number of halogens is 2. The molecular formula is C25H32Cl2N4O4S. The highest BCUT2D eigenvalue weighted by molar-refractivity contribution is 7.90. The first-order valence-electron chi connectivity index (χ1n) is 11.8. The van der Waals surface area contributed by atoms with Crippen LogP contribution in [0.4, 0.5) is 5.69 Å². The van der Waals surface area contributed by atoms with Crippen molar-refractivity contribution in [3.8, 4) is 0 Å². The van der Waals surface area contributed by atoms with Crippen LogP contribution in [0, 0.1) is 0 Å². The Morgan fingerprint density at radius 3 is 2.25 bits per heavy atom. The fourth-order valence-corrected chi connectivity index (χ4v) is 5.50. The molecule has 0 heterocycles. The van der Waals surface area contributed by atoms with Crippen molar-refractivity contribution in [3.05, 3.63) is 64.1 Å². The van der Waals surface area contributed by atoms with Crippen molar-refractivity contribution in [2.45, 2.75) is 51.2 Å². The number of para-hydroxylation sites is 1. The van der Waals surface area contributed by atoms with Crippen LogP contribution in [0.5, 0.6) is 0 Å². The maximum absolute atomic E-state index is 13.7. The highest BCUT2D eigenvalue weighted by Crippen LogP contribution is 2.25. The molecule has 11 heteroatoms. The minimum Gasteiger partial charge on any atom is -0.352 e. The monoisotopic (exact) mass is 554 g/mol. The van der Waals surface area contributed by atoms with Crippen LogP contribution in [0.1, 0.15) is 38.2 Å². The number of carbonyl (C=O) groups is 2. The summed E-state index contributed by atoms with van der Waals surface area (Å²) in [4.78, 5) is 28.2. The van der Waals surface area contributed by atoms with Crippen LogP contribution in [0.15, 0.2) is 48.5 Å². The maximum atomic E-state index is 13.7. The van der Waals surface area contributed by atoms with E-state index < -0.39 is 28.7 Å². The third-order valence-electron chi connectivity index (χ3n) is 6.27. The molecule has 0 unspecified atom stereocenters. The second-order valence-electron chi connectivity index (χ2n) is 9.07. The van der Waals surface area contributed by atoms with Crippen LogP contribution in [-0.2, 0) is 26.3 Å². The van der Waals surface area contributed by atoms with Gasteiger partial charge in [0.2, 0.25) is 11.8 Å². The molecule has 0 aromatic heterocycles. The van der Waals surface area contributed by atoms with Crippen molar-refractivity contribution in [3.63, 3.8) is 0 Å². The van der Waals surface area contributed by atoms with Crippen LogP contribution in [0.2, 0.25) is 10.0 Å². The lowest BCUT2D eigenvalue weighted by Crippen LogP contribution is -2.53. The minimum atomic E-state index is -3.99. The summed E-state index contributed by atoms with van der Waals surface area (Å²) in [5.41, 5.74) is 1.01. The molecule has 2 amide bonds. The molecule has 0 radical (unpaired) electrons. The number of anilines is 1. The van der Waals surface area contributed by atoms with Gasteiger partial charge in [-0.1, -0.05) is 60.3 Å². The van der Waals surface area contributed by atoms with Crippen LogP contribution < -0.4 is 9.62 Å². The first kappa shape index (κ1) is 28.2. The normalized spacial score (nSPS) is 15.1. The quantitative estimate of drug-likeness (QED) is 0.479. The lowest BCUT2D eigenvalue weighted by Gasteiger charge is -2.33. The molecule has 1 saturated carbocycles. The molecule has 0 spiro atoms. The van der Waals surface area contributed by atoms with Crippen molar-refractivity contribution in [2.75, 3.05) is 24.9 Å². The van der Waals surface area contributed by atoms with Gasteiger partial charge in [0, 0.05) is 26.7 Å². The summed E-state index contributed by atoms with van der Waals surface area (Å²) in [5.74, 6) is -0.804. The fourth-order valence-electron chi connectivity index (χ4n) is 4.12. The SMILES string of the molecule is C[C@H](C(=O)NC1CCCC1)N(Cc1ccc(Cl)c(Cl)c1)C(=O)CN(c1ccccc1)S(=O)(=O)N(C)C. The van der Waals surface area contributed by atoms with E-state index in [1.807, 2.05) is 0 Å². The zero-order valence-corrected chi connectivity index (χ0v) is 23.0. The van der Waals surface area contributed by atoms with Crippen molar-refractivity contribution in [1.29, 1.82) is 0 Å². The van der Waals surface area contributed by atoms with Crippen LogP contribution in [-0.4, -0.2) is 62.2 Å². The molecular weight excluding hydrogens is 523 g/mol. The van der Waals surface area contributed by atoms with Gasteiger partial charge < -0.3 is 10.2 Å². The van der Waals surface area contributed by atoms with E-state index in [0.29, 0.717) is 21.3 Å². The second-order valence-corrected chi connectivity index (χ2v) is 11.9. The van der Waals surface area contributed by atoms with Gasteiger partial charge in [0.05, 0.1) is 15.7 Å². The van der Waals surface area contributed by atoms with Gasteiger partial charge >= 0.3 is 10.2 Å². The summed E-state index contributed by atoms with van der Waals surface area (Å²) >= 11 is 12.2. The van der Waals surface area contributed by atoms with Crippen LogP contribution in [0.25, 0.3) is 0 Å². The molecule has 2 aromatic rings. The molecule has 1 atom stereocenters. The Balaban J connectivity index is 1.92. The highest BCUT2D eigenvalue weighted by Gasteiger charge is 2.33. The number of nitrogens with zero attached hydrogens (tertiary/aromatic N) is 3. The third kappa shape index (κ3) is 6.91. The molecule has 1 aliphatic carbocycles. The Labute approximate surface area is 223 Å². The van der Waals surface area contributed by atoms with Crippen LogP contribution >= 0.6 is 23.2 Å². The van der Waals surface area contributed by atoms with E-state index in [1.165, 1.54) is 19.0 Å². The summed E-state index contributed by atoms with van der Waals surface area (Å²) < 4.78 is 28.4. The largest absolute Gasteiger partial charge is 0.352 e. The molecule has 2 aromatic carbocycles. The predicted octanol–water partition coefficient (Wildman–Crippen LogP) is 4.08. The fraction of sp³-hybridized carbons (Fsp3) is 0.440. The summed E-state index contributed by atoms with van der Waals surface area (Å²) in [6, 6.07) is 12.6. The van der Waals surface area contributed by atoms with Gasteiger partial charge in [-0.05, 0) is 49.6 Å². The maximum Gasteiger partial charge on any atom is 0.304 e. The number of amides is 2. The zero-order chi connectivity index (χ0) is 26.5. The lowest BCUT2D eigenvalue weighted by molar-refractivity contribution is -0.139. The van der Waals surface area contributed by atoms with E-state index in [1.54, 1.807) is 55.5 Å². The van der Waals surface area contributed by atoms with Crippen molar-refractivity contribution in [1.82, 2.24) is 14.5 Å². The Bertz CT molecular complexity index is 1170. The summed E-state index contributed by atoms with van der Waals surface area (Å²) in [6.07, 6.45) is 3.92. The Morgan fingerprint density at radius 2 is 1.67 bits per heavy atom.